The number of rotatable bonds is 5. The third kappa shape index (κ3) is 3.44. The van der Waals surface area contributed by atoms with E-state index < -0.39 is 10.0 Å². The van der Waals surface area contributed by atoms with E-state index in [1.807, 2.05) is 41.9 Å². The molecular weight excluding hydrogens is 390 g/mol. The molecule has 8 nitrogen and oxygen atoms in total. The van der Waals surface area contributed by atoms with Crippen molar-refractivity contribution in [3.8, 4) is 17.0 Å². The summed E-state index contributed by atoms with van der Waals surface area (Å²) in [5, 5.41) is -0.0479. The Bertz CT molecular complexity index is 1300. The standard InChI is InChI=1S/C20H21N5O3S/c1-13-6-5-9-25-11-17(22-20(13)25)15-7-8-18(28-4)16(10-15)23-29(26,27)19-12-24(3)14(2)21-19/h5-12,23H,1-4H3. The fourth-order valence-electron chi connectivity index (χ4n) is 3.09. The van der Waals surface area contributed by atoms with Crippen molar-refractivity contribution in [3.63, 3.8) is 0 Å². The van der Waals surface area contributed by atoms with Crippen LogP contribution in [0.4, 0.5) is 5.69 Å². The van der Waals surface area contributed by atoms with Gasteiger partial charge in [-0.25, -0.2) is 9.97 Å². The van der Waals surface area contributed by atoms with Crippen LogP contribution in [0, 0.1) is 13.8 Å². The van der Waals surface area contributed by atoms with E-state index in [9.17, 15) is 8.42 Å². The van der Waals surface area contributed by atoms with Gasteiger partial charge in [0.25, 0.3) is 10.0 Å². The van der Waals surface area contributed by atoms with Gasteiger partial charge in [0.1, 0.15) is 17.2 Å². The predicted octanol–water partition coefficient (Wildman–Crippen LogP) is 3.16. The topological polar surface area (TPSA) is 90.5 Å². The number of ether oxygens (including phenoxy) is 1. The Kier molecular flexibility index (Phi) is 4.54. The van der Waals surface area contributed by atoms with Gasteiger partial charge in [-0.3, -0.25) is 4.72 Å². The quantitative estimate of drug-likeness (QED) is 0.545. The van der Waals surface area contributed by atoms with Crippen LogP contribution in [0.1, 0.15) is 11.4 Å². The van der Waals surface area contributed by atoms with E-state index in [4.69, 9.17) is 4.74 Å². The van der Waals surface area contributed by atoms with Gasteiger partial charge in [0.2, 0.25) is 0 Å². The van der Waals surface area contributed by atoms with Gasteiger partial charge < -0.3 is 13.7 Å². The first-order chi connectivity index (χ1) is 13.8. The highest BCUT2D eigenvalue weighted by atomic mass is 32.2. The number of hydrogen-bond donors (Lipinski definition) is 1. The second kappa shape index (κ2) is 6.93. The SMILES string of the molecule is COc1ccc(-c2cn3cccc(C)c3n2)cc1NS(=O)(=O)c1cn(C)c(C)n1. The lowest BCUT2D eigenvalue weighted by atomic mass is 10.1. The second-order valence-electron chi connectivity index (χ2n) is 6.81. The molecule has 0 aliphatic heterocycles. The zero-order valence-corrected chi connectivity index (χ0v) is 17.4. The Morgan fingerprint density at radius 3 is 2.55 bits per heavy atom. The third-order valence-corrected chi connectivity index (χ3v) is 6.02. The van der Waals surface area contributed by atoms with Crippen LogP contribution in [-0.4, -0.2) is 34.5 Å². The molecule has 150 valence electrons. The summed E-state index contributed by atoms with van der Waals surface area (Å²) >= 11 is 0. The number of nitrogens with one attached hydrogen (secondary N) is 1. The highest BCUT2D eigenvalue weighted by Gasteiger charge is 2.21. The molecule has 0 fully saturated rings. The Balaban J connectivity index is 1.76. The van der Waals surface area contributed by atoms with E-state index in [0.717, 1.165) is 22.5 Å². The lowest BCUT2D eigenvalue weighted by Gasteiger charge is -2.12. The maximum absolute atomic E-state index is 12.8. The molecule has 1 N–H and O–H groups in total. The van der Waals surface area contributed by atoms with E-state index in [2.05, 4.69) is 14.7 Å². The number of fused-ring (bicyclic) bond motifs is 1. The number of aryl methyl sites for hydroxylation is 3. The van der Waals surface area contributed by atoms with E-state index >= 15 is 0 Å². The normalized spacial score (nSPS) is 11.7. The van der Waals surface area contributed by atoms with Crippen molar-refractivity contribution in [1.82, 2.24) is 18.9 Å². The Morgan fingerprint density at radius 2 is 1.90 bits per heavy atom. The Labute approximate surface area is 168 Å². The van der Waals surface area contributed by atoms with Gasteiger partial charge in [-0.2, -0.15) is 8.42 Å². The number of nitrogens with zero attached hydrogens (tertiary/aromatic N) is 4. The molecule has 0 saturated heterocycles. The Hall–Kier alpha value is -3.33. The number of imidazole rings is 2. The molecule has 0 aliphatic rings. The number of hydrogen-bond acceptors (Lipinski definition) is 5. The zero-order valence-electron chi connectivity index (χ0n) is 16.5. The molecule has 0 bridgehead atoms. The van der Waals surface area contributed by atoms with Crippen LogP contribution in [-0.2, 0) is 17.1 Å². The van der Waals surface area contributed by atoms with Gasteiger partial charge in [0.15, 0.2) is 5.03 Å². The van der Waals surface area contributed by atoms with Crippen molar-refractivity contribution < 1.29 is 13.2 Å². The molecule has 29 heavy (non-hydrogen) atoms. The van der Waals surface area contributed by atoms with Gasteiger partial charge >= 0.3 is 0 Å². The summed E-state index contributed by atoms with van der Waals surface area (Å²) in [6, 6.07) is 9.22. The van der Waals surface area contributed by atoms with E-state index in [1.165, 1.54) is 13.3 Å². The smallest absolute Gasteiger partial charge is 0.281 e. The number of methoxy groups -OCH3 is 1. The first-order valence-electron chi connectivity index (χ1n) is 8.94. The van der Waals surface area contributed by atoms with Crippen molar-refractivity contribution in [2.45, 2.75) is 18.9 Å². The molecule has 0 radical (unpaired) electrons. The van der Waals surface area contributed by atoms with Crippen LogP contribution in [0.15, 0.2) is 53.9 Å². The lowest BCUT2D eigenvalue weighted by Crippen LogP contribution is -2.14. The second-order valence-corrected chi connectivity index (χ2v) is 8.44. The van der Waals surface area contributed by atoms with Crippen molar-refractivity contribution in [3.05, 3.63) is 60.3 Å². The molecule has 0 amide bonds. The number of aromatic nitrogens is 4. The Morgan fingerprint density at radius 1 is 1.10 bits per heavy atom. The summed E-state index contributed by atoms with van der Waals surface area (Å²) in [5.74, 6) is 1.01. The largest absolute Gasteiger partial charge is 0.495 e. The molecule has 0 atom stereocenters. The molecule has 4 aromatic rings. The van der Waals surface area contributed by atoms with Gasteiger partial charge in [0.05, 0.1) is 18.5 Å². The molecule has 1 aromatic carbocycles. The maximum atomic E-state index is 12.8. The van der Waals surface area contributed by atoms with Crippen LogP contribution in [0.25, 0.3) is 16.9 Å². The summed E-state index contributed by atoms with van der Waals surface area (Å²) in [7, 11) is -0.629. The van der Waals surface area contributed by atoms with Gasteiger partial charge in [-0.1, -0.05) is 6.07 Å². The van der Waals surface area contributed by atoms with Crippen LogP contribution in [0.2, 0.25) is 0 Å². The average molecular weight is 411 g/mol. The summed E-state index contributed by atoms with van der Waals surface area (Å²) in [5.41, 5.74) is 3.73. The molecule has 0 spiro atoms. The summed E-state index contributed by atoms with van der Waals surface area (Å²) in [6.45, 7) is 3.74. The summed E-state index contributed by atoms with van der Waals surface area (Å²) in [6.07, 6.45) is 5.30. The highest BCUT2D eigenvalue weighted by Crippen LogP contribution is 2.32. The molecule has 0 unspecified atom stereocenters. The van der Waals surface area contributed by atoms with E-state index in [-0.39, 0.29) is 5.03 Å². The van der Waals surface area contributed by atoms with Gasteiger partial charge in [-0.15, -0.1) is 0 Å². The maximum Gasteiger partial charge on any atom is 0.281 e. The molecule has 3 heterocycles. The zero-order chi connectivity index (χ0) is 20.8. The molecular formula is C20H21N5O3S. The number of benzene rings is 1. The minimum absolute atomic E-state index is 0.0479. The fraction of sp³-hybridized carbons (Fsp3) is 0.200. The average Bonchev–Trinajstić information content (AvgIpc) is 3.26. The number of sulfonamides is 1. The predicted molar refractivity (Wildman–Crippen MR) is 111 cm³/mol. The first-order valence-corrected chi connectivity index (χ1v) is 10.4. The third-order valence-electron chi connectivity index (χ3n) is 4.78. The lowest BCUT2D eigenvalue weighted by molar-refractivity contribution is 0.417. The first kappa shape index (κ1) is 19.0. The van der Waals surface area contributed by atoms with E-state index in [1.54, 1.807) is 30.7 Å². The molecule has 0 saturated carbocycles. The van der Waals surface area contributed by atoms with Crippen molar-refractivity contribution in [2.24, 2.45) is 7.05 Å². The van der Waals surface area contributed by atoms with Crippen molar-refractivity contribution >= 4 is 21.4 Å². The van der Waals surface area contributed by atoms with Crippen molar-refractivity contribution in [1.29, 1.82) is 0 Å². The fourth-order valence-corrected chi connectivity index (χ4v) is 4.20. The van der Waals surface area contributed by atoms with E-state index in [0.29, 0.717) is 17.3 Å². The number of anilines is 1. The summed E-state index contributed by atoms with van der Waals surface area (Å²) in [4.78, 5) is 8.79. The molecule has 4 rings (SSSR count). The van der Waals surface area contributed by atoms with Gasteiger partial charge in [0, 0.05) is 31.2 Å². The summed E-state index contributed by atoms with van der Waals surface area (Å²) < 4.78 is 37.1. The van der Waals surface area contributed by atoms with Crippen molar-refractivity contribution in [2.75, 3.05) is 11.8 Å². The monoisotopic (exact) mass is 411 g/mol. The number of pyridine rings is 1. The highest BCUT2D eigenvalue weighted by molar-refractivity contribution is 7.92. The van der Waals surface area contributed by atoms with Crippen LogP contribution in [0.5, 0.6) is 5.75 Å². The molecule has 9 heteroatoms. The molecule has 0 aliphatic carbocycles. The van der Waals surface area contributed by atoms with Crippen LogP contribution >= 0.6 is 0 Å². The van der Waals surface area contributed by atoms with Crippen LogP contribution < -0.4 is 9.46 Å². The minimum atomic E-state index is -3.87. The van der Waals surface area contributed by atoms with Crippen LogP contribution in [0.3, 0.4) is 0 Å². The molecule has 3 aromatic heterocycles. The minimum Gasteiger partial charge on any atom is -0.495 e. The van der Waals surface area contributed by atoms with Gasteiger partial charge in [-0.05, 0) is 43.7 Å².